The topological polar surface area (TPSA) is 95.5 Å². The highest BCUT2D eigenvalue weighted by Gasteiger charge is 2.13. The van der Waals surface area contributed by atoms with Crippen LogP contribution in [0.4, 0.5) is 0 Å². The first-order chi connectivity index (χ1) is 15.2. The van der Waals surface area contributed by atoms with E-state index >= 15 is 0 Å². The smallest absolute Gasteiger partial charge is 0.218 e. The highest BCUT2D eigenvalue weighted by molar-refractivity contribution is 5.79. The standard InChI is InChI=1S/C22H32N4O5/c1-6-23-22(26-15-17-8-7-9-24-21(17)31-11-10-27-2)25-14-16-12-18(28-3)20(30-5)19(13-16)29-4/h7-9,12-13H,6,10-11,14-15H2,1-5H3,(H2,23,25,26). The van der Waals surface area contributed by atoms with Crippen LogP contribution in [-0.4, -0.2) is 59.1 Å². The molecule has 0 saturated carbocycles. The molecule has 1 aromatic carbocycles. The molecule has 31 heavy (non-hydrogen) atoms. The second-order valence-corrected chi connectivity index (χ2v) is 6.39. The van der Waals surface area contributed by atoms with E-state index in [1.807, 2.05) is 31.2 Å². The Hall–Kier alpha value is -3.20. The molecule has 1 aromatic heterocycles. The minimum Gasteiger partial charge on any atom is -0.493 e. The Balaban J connectivity index is 2.11. The zero-order valence-corrected chi connectivity index (χ0v) is 18.9. The van der Waals surface area contributed by atoms with Gasteiger partial charge in [-0.1, -0.05) is 6.07 Å². The normalized spacial score (nSPS) is 11.1. The zero-order valence-electron chi connectivity index (χ0n) is 18.9. The third-order valence-corrected chi connectivity index (χ3v) is 4.31. The summed E-state index contributed by atoms with van der Waals surface area (Å²) in [6.45, 7) is 4.62. The van der Waals surface area contributed by atoms with Crippen LogP contribution in [0.2, 0.25) is 0 Å². The molecule has 2 N–H and O–H groups in total. The summed E-state index contributed by atoms with van der Waals surface area (Å²) in [5.41, 5.74) is 1.86. The first kappa shape index (κ1) is 24.1. The fourth-order valence-corrected chi connectivity index (χ4v) is 2.83. The van der Waals surface area contributed by atoms with Crippen molar-refractivity contribution in [3.05, 3.63) is 41.6 Å². The number of aliphatic imine (C=N–C) groups is 1. The van der Waals surface area contributed by atoms with Crippen molar-refractivity contribution in [1.82, 2.24) is 15.6 Å². The van der Waals surface area contributed by atoms with Crippen molar-refractivity contribution in [3.63, 3.8) is 0 Å². The average molecular weight is 433 g/mol. The van der Waals surface area contributed by atoms with Crippen LogP contribution in [-0.2, 0) is 17.8 Å². The molecule has 0 aliphatic rings. The fourth-order valence-electron chi connectivity index (χ4n) is 2.83. The zero-order chi connectivity index (χ0) is 22.5. The van der Waals surface area contributed by atoms with Crippen LogP contribution in [0.25, 0.3) is 0 Å². The molecule has 0 bridgehead atoms. The van der Waals surface area contributed by atoms with Crippen LogP contribution in [0.3, 0.4) is 0 Å². The number of ether oxygens (including phenoxy) is 5. The summed E-state index contributed by atoms with van der Waals surface area (Å²) in [4.78, 5) is 8.98. The number of benzene rings is 1. The van der Waals surface area contributed by atoms with Crippen LogP contribution in [0.15, 0.2) is 35.5 Å². The van der Waals surface area contributed by atoms with Crippen LogP contribution in [0.1, 0.15) is 18.1 Å². The van der Waals surface area contributed by atoms with E-state index < -0.39 is 0 Å². The van der Waals surface area contributed by atoms with Crippen molar-refractivity contribution in [2.24, 2.45) is 4.99 Å². The third kappa shape index (κ3) is 7.21. The number of methoxy groups -OCH3 is 4. The maximum atomic E-state index is 5.70. The summed E-state index contributed by atoms with van der Waals surface area (Å²) in [5, 5.41) is 6.56. The Bertz CT molecular complexity index is 819. The molecule has 0 atom stereocenters. The summed E-state index contributed by atoms with van der Waals surface area (Å²) in [7, 11) is 6.40. The molecule has 0 saturated heterocycles. The van der Waals surface area contributed by atoms with Gasteiger partial charge < -0.3 is 34.3 Å². The van der Waals surface area contributed by atoms with Gasteiger partial charge in [0.05, 0.1) is 34.5 Å². The van der Waals surface area contributed by atoms with Gasteiger partial charge in [0.25, 0.3) is 0 Å². The van der Waals surface area contributed by atoms with Crippen molar-refractivity contribution in [2.45, 2.75) is 20.0 Å². The second-order valence-electron chi connectivity index (χ2n) is 6.39. The van der Waals surface area contributed by atoms with E-state index in [1.54, 1.807) is 34.6 Å². The van der Waals surface area contributed by atoms with Gasteiger partial charge in [0.1, 0.15) is 6.61 Å². The summed E-state index contributed by atoms with van der Waals surface area (Å²) in [6, 6.07) is 7.61. The number of nitrogens with zero attached hydrogens (tertiary/aromatic N) is 2. The number of guanidine groups is 1. The molecule has 0 amide bonds. The van der Waals surface area contributed by atoms with Gasteiger partial charge in [-0.05, 0) is 30.7 Å². The van der Waals surface area contributed by atoms with Crippen LogP contribution in [0.5, 0.6) is 23.1 Å². The highest BCUT2D eigenvalue weighted by Crippen LogP contribution is 2.38. The maximum Gasteiger partial charge on any atom is 0.218 e. The van der Waals surface area contributed by atoms with E-state index in [0.717, 1.165) is 17.7 Å². The Kier molecular flexibility index (Phi) is 10.2. The van der Waals surface area contributed by atoms with Gasteiger partial charge in [-0.3, -0.25) is 0 Å². The van der Waals surface area contributed by atoms with E-state index in [4.69, 9.17) is 23.7 Å². The van der Waals surface area contributed by atoms with Gasteiger partial charge in [0.2, 0.25) is 11.6 Å². The van der Waals surface area contributed by atoms with E-state index in [-0.39, 0.29) is 0 Å². The summed E-state index contributed by atoms with van der Waals surface area (Å²) in [6.07, 6.45) is 1.70. The Labute approximate surface area is 183 Å². The molecule has 0 spiro atoms. The minimum absolute atomic E-state index is 0.427. The molecule has 0 unspecified atom stereocenters. The molecule has 0 fully saturated rings. The molecule has 0 aliphatic heterocycles. The van der Waals surface area contributed by atoms with E-state index in [2.05, 4.69) is 20.6 Å². The molecule has 2 aromatic rings. The Morgan fingerprint density at radius 1 is 1.00 bits per heavy atom. The van der Waals surface area contributed by atoms with Gasteiger partial charge in [0, 0.05) is 32.0 Å². The number of rotatable bonds is 12. The van der Waals surface area contributed by atoms with Gasteiger partial charge in [-0.15, -0.1) is 0 Å². The van der Waals surface area contributed by atoms with Crippen molar-refractivity contribution < 1.29 is 23.7 Å². The summed E-state index contributed by atoms with van der Waals surface area (Å²) in [5.74, 6) is 2.99. The molecule has 2 rings (SSSR count). The van der Waals surface area contributed by atoms with Crippen molar-refractivity contribution >= 4 is 5.96 Å². The number of pyridine rings is 1. The lowest BCUT2D eigenvalue weighted by molar-refractivity contribution is 0.143. The first-order valence-corrected chi connectivity index (χ1v) is 10.0. The molecular weight excluding hydrogens is 400 g/mol. The number of nitrogens with one attached hydrogen (secondary N) is 2. The molecular formula is C22H32N4O5. The average Bonchev–Trinajstić information content (AvgIpc) is 2.80. The largest absolute Gasteiger partial charge is 0.493 e. The fraction of sp³-hybridized carbons (Fsp3) is 0.455. The quantitative estimate of drug-likeness (QED) is 0.300. The van der Waals surface area contributed by atoms with E-state index in [9.17, 15) is 0 Å². The SMILES string of the molecule is CCNC(=NCc1cc(OC)c(OC)c(OC)c1)NCc1cccnc1OCCOC. The van der Waals surface area contributed by atoms with Crippen molar-refractivity contribution in [3.8, 4) is 23.1 Å². The van der Waals surface area contributed by atoms with Crippen molar-refractivity contribution in [2.75, 3.05) is 48.2 Å². The Morgan fingerprint density at radius 2 is 1.74 bits per heavy atom. The van der Waals surface area contributed by atoms with Gasteiger partial charge >= 0.3 is 0 Å². The first-order valence-electron chi connectivity index (χ1n) is 10.0. The van der Waals surface area contributed by atoms with E-state index in [0.29, 0.717) is 55.4 Å². The number of hydrogen-bond acceptors (Lipinski definition) is 7. The maximum absolute atomic E-state index is 5.70. The molecule has 0 radical (unpaired) electrons. The molecule has 1 heterocycles. The number of hydrogen-bond donors (Lipinski definition) is 2. The van der Waals surface area contributed by atoms with Crippen LogP contribution in [0, 0.1) is 0 Å². The lowest BCUT2D eigenvalue weighted by atomic mass is 10.2. The lowest BCUT2D eigenvalue weighted by Gasteiger charge is -2.15. The monoisotopic (exact) mass is 432 g/mol. The van der Waals surface area contributed by atoms with Gasteiger partial charge in [-0.2, -0.15) is 0 Å². The highest BCUT2D eigenvalue weighted by atomic mass is 16.5. The molecule has 170 valence electrons. The van der Waals surface area contributed by atoms with Gasteiger partial charge in [-0.25, -0.2) is 9.98 Å². The molecule has 9 heteroatoms. The van der Waals surface area contributed by atoms with Crippen LogP contribution < -0.4 is 29.6 Å². The third-order valence-electron chi connectivity index (χ3n) is 4.31. The minimum atomic E-state index is 0.427. The number of aromatic nitrogens is 1. The summed E-state index contributed by atoms with van der Waals surface area (Å²) >= 11 is 0. The second kappa shape index (κ2) is 13.2. The Morgan fingerprint density at radius 3 is 2.35 bits per heavy atom. The predicted molar refractivity (Wildman–Crippen MR) is 119 cm³/mol. The van der Waals surface area contributed by atoms with Gasteiger partial charge in [0.15, 0.2) is 17.5 Å². The van der Waals surface area contributed by atoms with Crippen molar-refractivity contribution in [1.29, 1.82) is 0 Å². The van der Waals surface area contributed by atoms with Crippen LogP contribution >= 0.6 is 0 Å². The molecule has 9 nitrogen and oxygen atoms in total. The van der Waals surface area contributed by atoms with E-state index in [1.165, 1.54) is 0 Å². The summed E-state index contributed by atoms with van der Waals surface area (Å²) < 4.78 is 26.9. The lowest BCUT2D eigenvalue weighted by Crippen LogP contribution is -2.37. The predicted octanol–water partition coefficient (Wildman–Crippen LogP) is 2.39. The molecule has 0 aliphatic carbocycles.